The number of aryl methyl sites for hydroxylation is 1. The highest BCUT2D eigenvalue weighted by Gasteiger charge is 2.63. The Morgan fingerprint density at radius 3 is 2.58 bits per heavy atom. The van der Waals surface area contributed by atoms with Gasteiger partial charge in [0.2, 0.25) is 18.0 Å². The predicted octanol–water partition coefficient (Wildman–Crippen LogP) is -1.98. The number of hydrogen-bond acceptors (Lipinski definition) is 10. The summed E-state index contributed by atoms with van der Waals surface area (Å²) in [5.74, 6) is -2.25. The number of hydrogen-bond donors (Lipinski definition) is 6. The van der Waals surface area contributed by atoms with Crippen LogP contribution in [-0.2, 0) is 25.4 Å². The Labute approximate surface area is 192 Å². The third-order valence-corrected chi connectivity index (χ3v) is 6.82. The van der Waals surface area contributed by atoms with Crippen LogP contribution in [0.1, 0.15) is 25.5 Å². The van der Waals surface area contributed by atoms with Gasteiger partial charge in [-0.2, -0.15) is 0 Å². The number of aliphatic hydroxyl groups excluding tert-OH is 2. The molecule has 11 heteroatoms. The van der Waals surface area contributed by atoms with Crippen LogP contribution in [0.4, 0.5) is 0 Å². The van der Waals surface area contributed by atoms with E-state index in [1.165, 1.54) is 0 Å². The zero-order chi connectivity index (χ0) is 23.8. The van der Waals surface area contributed by atoms with Gasteiger partial charge in [-0.3, -0.25) is 9.78 Å². The summed E-state index contributed by atoms with van der Waals surface area (Å²) in [5.41, 5.74) is 0.797. The number of fused-ring (bicyclic) bond motifs is 2. The molecule has 1 aliphatic carbocycles. The van der Waals surface area contributed by atoms with Gasteiger partial charge in [0, 0.05) is 18.3 Å². The molecular formula is C22H34N4O7. The molecular weight excluding hydrogens is 432 g/mol. The number of nitrogens with one attached hydrogen (secondary N) is 3. The predicted molar refractivity (Wildman–Crippen MR) is 116 cm³/mol. The second-order valence-corrected chi connectivity index (χ2v) is 9.00. The second-order valence-electron chi connectivity index (χ2n) is 9.00. The van der Waals surface area contributed by atoms with Crippen molar-refractivity contribution in [2.24, 2.45) is 0 Å². The molecule has 2 saturated heterocycles. The molecule has 3 heterocycles. The number of amides is 1. The van der Waals surface area contributed by atoms with Crippen LogP contribution in [0.15, 0.2) is 24.4 Å². The van der Waals surface area contributed by atoms with Crippen molar-refractivity contribution in [3.05, 3.63) is 30.1 Å². The van der Waals surface area contributed by atoms with Crippen molar-refractivity contribution in [3.63, 3.8) is 0 Å². The summed E-state index contributed by atoms with van der Waals surface area (Å²) >= 11 is 0. The Bertz CT molecular complexity index is 817. The number of likely N-dealkylation sites (N-methyl/N-ethyl adjacent to an activating group) is 2. The number of carbonyl (C=O) groups is 1. The molecule has 2 aliphatic heterocycles. The maximum Gasteiger partial charge on any atom is 0.239 e. The van der Waals surface area contributed by atoms with Crippen molar-refractivity contribution in [3.8, 4) is 0 Å². The third kappa shape index (κ3) is 4.64. The Balaban J connectivity index is 1.51. The minimum Gasteiger partial charge on any atom is -0.390 e. The van der Waals surface area contributed by atoms with E-state index in [1.807, 2.05) is 25.1 Å². The first-order valence-corrected chi connectivity index (χ1v) is 11.4. The number of aromatic nitrogens is 1. The van der Waals surface area contributed by atoms with Gasteiger partial charge in [-0.25, -0.2) is 0 Å². The molecule has 3 fully saturated rings. The van der Waals surface area contributed by atoms with Gasteiger partial charge in [-0.1, -0.05) is 6.07 Å². The van der Waals surface area contributed by atoms with E-state index in [1.54, 1.807) is 20.3 Å². The molecule has 1 aromatic rings. The van der Waals surface area contributed by atoms with Crippen LogP contribution in [0.2, 0.25) is 0 Å². The lowest BCUT2D eigenvalue weighted by Crippen LogP contribution is -2.79. The van der Waals surface area contributed by atoms with Crippen LogP contribution in [0.3, 0.4) is 0 Å². The molecule has 0 aromatic carbocycles. The number of carbonyl (C=O) groups excluding carboxylic acids is 1. The first-order valence-electron chi connectivity index (χ1n) is 11.4. The summed E-state index contributed by atoms with van der Waals surface area (Å²) < 4.78 is 18.0. The molecule has 4 rings (SSSR count). The molecule has 1 amide bonds. The lowest BCUT2D eigenvalue weighted by molar-refractivity contribution is -0.449. The van der Waals surface area contributed by atoms with Crippen molar-refractivity contribution >= 4 is 5.91 Å². The number of pyridine rings is 1. The van der Waals surface area contributed by atoms with Crippen LogP contribution in [0.5, 0.6) is 0 Å². The summed E-state index contributed by atoms with van der Waals surface area (Å²) in [6.45, 7) is 1.82. The first kappa shape index (κ1) is 24.4. The standard InChI is InChI=1S/C22H34N4O7/c1-11-10-13(26-14(27)8-7-12-6-4-5-9-25-12)22(30)21(31-11)32-20-18(29)15(23-2)17(28)16(24-3)19(20)33-22/h4-6,9,11,13,15-21,23-24,28-30H,7-8,10H2,1-3H3,(H,26,27)/t11-,13-,15-,16+,17+,18+,19?,20?,21?,22+/m1/s1. The lowest BCUT2D eigenvalue weighted by Gasteiger charge is -2.58. The largest absolute Gasteiger partial charge is 0.390 e. The third-order valence-electron chi connectivity index (χ3n) is 6.82. The smallest absolute Gasteiger partial charge is 0.239 e. The minimum atomic E-state index is -1.99. The summed E-state index contributed by atoms with van der Waals surface area (Å²) in [6.07, 6.45) is -2.77. The Kier molecular flexibility index (Phi) is 7.32. The topological polar surface area (TPSA) is 154 Å². The molecule has 1 aromatic heterocycles. The fraction of sp³-hybridized carbons (Fsp3) is 0.727. The molecule has 1 saturated carbocycles. The normalized spacial score (nSPS) is 42.8. The summed E-state index contributed by atoms with van der Waals surface area (Å²) in [4.78, 5) is 16.9. The molecule has 0 radical (unpaired) electrons. The fourth-order valence-electron chi connectivity index (χ4n) is 5.07. The van der Waals surface area contributed by atoms with E-state index in [4.69, 9.17) is 14.2 Å². The van der Waals surface area contributed by atoms with Crippen molar-refractivity contribution in [1.29, 1.82) is 0 Å². The number of rotatable bonds is 6. The zero-order valence-corrected chi connectivity index (χ0v) is 19.0. The highest BCUT2D eigenvalue weighted by atomic mass is 16.8. The van der Waals surface area contributed by atoms with Crippen LogP contribution >= 0.6 is 0 Å². The van der Waals surface area contributed by atoms with E-state index in [2.05, 4.69) is 20.9 Å². The van der Waals surface area contributed by atoms with Crippen LogP contribution < -0.4 is 16.0 Å². The SMILES string of the molecule is CN[C@@H]1[C@H](O)[C@H](NC)C2O[C@]3(O)C(OC2[C@H]1O)O[C@H](C)C[C@H]3NC(=O)CCc1ccccn1. The molecule has 6 N–H and O–H groups in total. The van der Waals surface area contributed by atoms with E-state index in [9.17, 15) is 20.1 Å². The number of nitrogens with zero attached hydrogens (tertiary/aromatic N) is 1. The summed E-state index contributed by atoms with van der Waals surface area (Å²) in [7, 11) is 3.30. The van der Waals surface area contributed by atoms with E-state index in [-0.39, 0.29) is 18.4 Å². The quantitative estimate of drug-likeness (QED) is 0.278. The average Bonchev–Trinajstić information content (AvgIpc) is 2.79. The van der Waals surface area contributed by atoms with Gasteiger partial charge < -0.3 is 45.5 Å². The van der Waals surface area contributed by atoms with Gasteiger partial charge in [0.25, 0.3) is 0 Å². The molecule has 0 spiro atoms. The van der Waals surface area contributed by atoms with E-state index < -0.39 is 54.6 Å². The van der Waals surface area contributed by atoms with Crippen LogP contribution in [-0.4, -0.2) is 101 Å². The van der Waals surface area contributed by atoms with Crippen molar-refractivity contribution in [2.75, 3.05) is 14.1 Å². The number of ether oxygens (including phenoxy) is 3. The Morgan fingerprint density at radius 2 is 1.91 bits per heavy atom. The van der Waals surface area contributed by atoms with Gasteiger partial charge in [0.05, 0.1) is 30.3 Å². The molecule has 0 bridgehead atoms. The van der Waals surface area contributed by atoms with Crippen molar-refractivity contribution in [2.45, 2.75) is 86.9 Å². The molecule has 11 nitrogen and oxygen atoms in total. The second kappa shape index (κ2) is 9.88. The van der Waals surface area contributed by atoms with Crippen LogP contribution in [0.25, 0.3) is 0 Å². The van der Waals surface area contributed by atoms with Crippen molar-refractivity contribution in [1.82, 2.24) is 20.9 Å². The monoisotopic (exact) mass is 466 g/mol. The van der Waals surface area contributed by atoms with Gasteiger partial charge >= 0.3 is 0 Å². The zero-order valence-electron chi connectivity index (χ0n) is 19.0. The lowest BCUT2D eigenvalue weighted by atomic mass is 9.79. The maximum atomic E-state index is 12.7. The van der Waals surface area contributed by atoms with Gasteiger partial charge in [-0.15, -0.1) is 0 Å². The summed E-state index contributed by atoms with van der Waals surface area (Å²) in [6, 6.07) is 3.41. The first-order chi connectivity index (χ1) is 15.8. The Morgan fingerprint density at radius 1 is 1.15 bits per heavy atom. The highest BCUT2D eigenvalue weighted by molar-refractivity contribution is 5.76. The van der Waals surface area contributed by atoms with Gasteiger partial charge in [0.15, 0.2) is 0 Å². The summed E-state index contributed by atoms with van der Waals surface area (Å²) in [5, 5.41) is 41.9. The fourth-order valence-corrected chi connectivity index (χ4v) is 5.07. The van der Waals surface area contributed by atoms with Crippen LogP contribution in [0, 0.1) is 0 Å². The Hall–Kier alpha value is -1.70. The van der Waals surface area contributed by atoms with E-state index in [0.717, 1.165) is 5.69 Å². The van der Waals surface area contributed by atoms with E-state index >= 15 is 0 Å². The molecule has 3 unspecified atom stereocenters. The van der Waals surface area contributed by atoms with E-state index in [0.29, 0.717) is 12.8 Å². The molecule has 10 atom stereocenters. The average molecular weight is 467 g/mol. The van der Waals surface area contributed by atoms with Crippen molar-refractivity contribution < 1.29 is 34.3 Å². The number of aliphatic hydroxyl groups is 3. The van der Waals surface area contributed by atoms with Gasteiger partial charge in [-0.05, 0) is 46.0 Å². The minimum absolute atomic E-state index is 0.191. The molecule has 3 aliphatic rings. The molecule has 33 heavy (non-hydrogen) atoms. The molecule has 184 valence electrons. The highest BCUT2D eigenvalue weighted by Crippen LogP contribution is 2.41. The maximum absolute atomic E-state index is 12.7. The van der Waals surface area contributed by atoms with Gasteiger partial charge in [0.1, 0.15) is 18.3 Å².